The average Bonchev–Trinajstić information content (AvgIpc) is 2.80. The van der Waals surface area contributed by atoms with E-state index in [9.17, 15) is 9.18 Å². The molecule has 0 aromatic heterocycles. The van der Waals surface area contributed by atoms with Gasteiger partial charge in [-0.1, -0.05) is 17.7 Å². The summed E-state index contributed by atoms with van der Waals surface area (Å²) in [5.74, 6) is -0.532. The van der Waals surface area contributed by atoms with E-state index in [0.717, 1.165) is 5.56 Å². The molecule has 1 fully saturated rings. The number of carbonyl (C=O) groups is 1. The molecule has 0 unspecified atom stereocenters. The molecule has 1 aromatic carbocycles. The van der Waals surface area contributed by atoms with Crippen molar-refractivity contribution in [3.8, 4) is 0 Å². The molecule has 0 aliphatic carbocycles. The van der Waals surface area contributed by atoms with Crippen LogP contribution in [0.2, 0.25) is 5.02 Å². The lowest BCUT2D eigenvalue weighted by atomic mass is 9.93. The molecule has 0 saturated carbocycles. The van der Waals surface area contributed by atoms with Crippen LogP contribution in [0.25, 0.3) is 0 Å². The Labute approximate surface area is 109 Å². The summed E-state index contributed by atoms with van der Waals surface area (Å²) in [5, 5.41) is 12.2. The molecule has 98 valence electrons. The summed E-state index contributed by atoms with van der Waals surface area (Å²) >= 11 is 5.64. The van der Waals surface area contributed by atoms with Crippen molar-refractivity contribution in [2.45, 2.75) is 12.0 Å². The first-order valence-electron chi connectivity index (χ1n) is 5.62. The van der Waals surface area contributed by atoms with Gasteiger partial charge < -0.3 is 15.3 Å². The van der Waals surface area contributed by atoms with E-state index in [1.165, 1.54) is 24.1 Å². The number of nitrogens with one attached hydrogen (secondary N) is 1. The molecule has 2 rings (SSSR count). The largest absolute Gasteiger partial charge is 0.465 e. The summed E-state index contributed by atoms with van der Waals surface area (Å²) in [6.07, 6.45) is -0.983. The lowest BCUT2D eigenvalue weighted by Gasteiger charge is -2.26. The highest BCUT2D eigenvalue weighted by Crippen LogP contribution is 2.28. The third kappa shape index (κ3) is 2.42. The van der Waals surface area contributed by atoms with Crippen LogP contribution >= 0.6 is 11.6 Å². The maximum atomic E-state index is 13.4. The molecule has 18 heavy (non-hydrogen) atoms. The topological polar surface area (TPSA) is 52.6 Å². The second kappa shape index (κ2) is 5.12. The number of likely N-dealkylation sites (N-methyl/N-ethyl adjacent to an activating group) is 1. The van der Waals surface area contributed by atoms with E-state index in [4.69, 9.17) is 16.7 Å². The monoisotopic (exact) mass is 272 g/mol. The predicted octanol–water partition coefficient (Wildman–Crippen LogP) is 2.14. The standard InChI is InChI=1S/C12H14ClFN2O2/c1-16(12(17)18)11-6-15-5-8(11)7-2-3-9(13)10(14)4-7/h2-4,8,11,15H,5-6H2,1H3,(H,17,18)/t8-,11+/m0/s1. The van der Waals surface area contributed by atoms with Gasteiger partial charge in [0.25, 0.3) is 0 Å². The van der Waals surface area contributed by atoms with Crippen LogP contribution in [-0.4, -0.2) is 42.3 Å². The van der Waals surface area contributed by atoms with E-state index in [1.54, 1.807) is 6.07 Å². The molecule has 0 radical (unpaired) electrons. The molecule has 1 saturated heterocycles. The van der Waals surface area contributed by atoms with E-state index >= 15 is 0 Å². The summed E-state index contributed by atoms with van der Waals surface area (Å²) in [6, 6.07) is 4.43. The number of hydrogen-bond donors (Lipinski definition) is 2. The van der Waals surface area contributed by atoms with Crippen LogP contribution in [-0.2, 0) is 0 Å². The zero-order chi connectivity index (χ0) is 13.3. The van der Waals surface area contributed by atoms with Gasteiger partial charge in [0, 0.05) is 26.1 Å². The fourth-order valence-electron chi connectivity index (χ4n) is 2.30. The van der Waals surface area contributed by atoms with Crippen molar-refractivity contribution >= 4 is 17.7 Å². The maximum Gasteiger partial charge on any atom is 0.407 e. The molecule has 4 nitrogen and oxygen atoms in total. The molecule has 0 bridgehead atoms. The molecule has 1 amide bonds. The molecule has 0 spiro atoms. The first-order chi connectivity index (χ1) is 8.50. The first kappa shape index (κ1) is 13.1. The van der Waals surface area contributed by atoms with Crippen LogP contribution in [0.3, 0.4) is 0 Å². The van der Waals surface area contributed by atoms with Crippen molar-refractivity contribution < 1.29 is 14.3 Å². The van der Waals surface area contributed by atoms with Crippen LogP contribution in [0.15, 0.2) is 18.2 Å². The molecule has 1 aromatic rings. The zero-order valence-electron chi connectivity index (χ0n) is 9.86. The van der Waals surface area contributed by atoms with Gasteiger partial charge in [0.2, 0.25) is 0 Å². The third-order valence-electron chi connectivity index (χ3n) is 3.35. The maximum absolute atomic E-state index is 13.4. The van der Waals surface area contributed by atoms with Crippen molar-refractivity contribution in [1.82, 2.24) is 10.2 Å². The molecule has 1 heterocycles. The summed E-state index contributed by atoms with van der Waals surface area (Å²) in [7, 11) is 1.53. The normalized spacial score (nSPS) is 23.1. The van der Waals surface area contributed by atoms with Crippen LogP contribution in [0, 0.1) is 5.82 Å². The average molecular weight is 273 g/mol. The van der Waals surface area contributed by atoms with E-state index in [2.05, 4.69) is 5.32 Å². The Kier molecular flexibility index (Phi) is 3.73. The van der Waals surface area contributed by atoms with Crippen molar-refractivity contribution in [2.75, 3.05) is 20.1 Å². The van der Waals surface area contributed by atoms with Crippen LogP contribution in [0.4, 0.5) is 9.18 Å². The Morgan fingerprint density at radius 3 is 2.89 bits per heavy atom. The summed E-state index contributed by atoms with van der Waals surface area (Å²) in [5.41, 5.74) is 0.764. The Morgan fingerprint density at radius 2 is 2.28 bits per heavy atom. The van der Waals surface area contributed by atoms with Crippen molar-refractivity contribution in [1.29, 1.82) is 0 Å². The van der Waals surface area contributed by atoms with Gasteiger partial charge in [0.05, 0.1) is 11.1 Å². The van der Waals surface area contributed by atoms with Gasteiger partial charge in [-0.05, 0) is 17.7 Å². The number of nitrogens with zero attached hydrogens (tertiary/aromatic N) is 1. The lowest BCUT2D eigenvalue weighted by molar-refractivity contribution is 0.138. The minimum absolute atomic E-state index is 0.0575. The summed E-state index contributed by atoms with van der Waals surface area (Å²) in [4.78, 5) is 12.2. The smallest absolute Gasteiger partial charge is 0.407 e. The Hall–Kier alpha value is -1.33. The Morgan fingerprint density at radius 1 is 1.56 bits per heavy atom. The Balaban J connectivity index is 2.25. The van der Waals surface area contributed by atoms with Gasteiger partial charge in [0.1, 0.15) is 5.82 Å². The highest BCUT2D eigenvalue weighted by molar-refractivity contribution is 6.30. The molecule has 2 N–H and O–H groups in total. The van der Waals surface area contributed by atoms with Crippen LogP contribution < -0.4 is 5.32 Å². The summed E-state index contributed by atoms with van der Waals surface area (Å²) in [6.45, 7) is 1.20. The van der Waals surface area contributed by atoms with E-state index < -0.39 is 11.9 Å². The third-order valence-corrected chi connectivity index (χ3v) is 3.66. The molecular formula is C12H14ClFN2O2. The van der Waals surface area contributed by atoms with Gasteiger partial charge in [-0.2, -0.15) is 0 Å². The van der Waals surface area contributed by atoms with E-state index in [0.29, 0.717) is 13.1 Å². The number of halogens is 2. The van der Waals surface area contributed by atoms with Gasteiger partial charge >= 0.3 is 6.09 Å². The quantitative estimate of drug-likeness (QED) is 0.867. The first-order valence-corrected chi connectivity index (χ1v) is 6.00. The van der Waals surface area contributed by atoms with Crippen LogP contribution in [0.1, 0.15) is 11.5 Å². The molecule has 1 aliphatic rings. The highest BCUT2D eigenvalue weighted by atomic mass is 35.5. The lowest BCUT2D eigenvalue weighted by Crippen LogP contribution is -2.40. The van der Waals surface area contributed by atoms with Gasteiger partial charge in [0.15, 0.2) is 0 Å². The van der Waals surface area contributed by atoms with E-state index in [-0.39, 0.29) is 17.0 Å². The second-order valence-electron chi connectivity index (χ2n) is 4.40. The molecular weight excluding hydrogens is 259 g/mol. The highest BCUT2D eigenvalue weighted by Gasteiger charge is 2.33. The van der Waals surface area contributed by atoms with Crippen molar-refractivity contribution in [2.24, 2.45) is 0 Å². The molecule has 1 aliphatic heterocycles. The fourth-order valence-corrected chi connectivity index (χ4v) is 2.41. The van der Waals surface area contributed by atoms with E-state index in [1.807, 2.05) is 0 Å². The zero-order valence-corrected chi connectivity index (χ0v) is 10.6. The number of rotatable bonds is 2. The second-order valence-corrected chi connectivity index (χ2v) is 4.81. The number of carboxylic acid groups (broad SMARTS) is 1. The minimum Gasteiger partial charge on any atom is -0.465 e. The number of benzene rings is 1. The fraction of sp³-hybridized carbons (Fsp3) is 0.417. The number of amides is 1. The molecule has 2 atom stereocenters. The van der Waals surface area contributed by atoms with Gasteiger partial charge in [-0.3, -0.25) is 0 Å². The SMILES string of the molecule is CN(C(=O)O)[C@@H]1CNC[C@H]1c1ccc(Cl)c(F)c1. The Bertz CT molecular complexity index is 469. The minimum atomic E-state index is -0.983. The van der Waals surface area contributed by atoms with Crippen molar-refractivity contribution in [3.05, 3.63) is 34.6 Å². The predicted molar refractivity (Wildman–Crippen MR) is 66.6 cm³/mol. The van der Waals surface area contributed by atoms with Crippen molar-refractivity contribution in [3.63, 3.8) is 0 Å². The number of hydrogen-bond acceptors (Lipinski definition) is 2. The van der Waals surface area contributed by atoms with Gasteiger partial charge in [-0.25, -0.2) is 9.18 Å². The van der Waals surface area contributed by atoms with Gasteiger partial charge in [-0.15, -0.1) is 0 Å². The van der Waals surface area contributed by atoms with Crippen LogP contribution in [0.5, 0.6) is 0 Å². The molecule has 6 heteroatoms. The summed E-state index contributed by atoms with van der Waals surface area (Å²) < 4.78 is 13.4.